The molecule has 0 spiro atoms. The average molecular weight is 871 g/mol. The van der Waals surface area contributed by atoms with E-state index in [0.29, 0.717) is 36.7 Å². The monoisotopic (exact) mass is 871 g/mol. The molecule has 0 saturated carbocycles. The number of nitrogens with zero attached hydrogens (tertiary/aromatic N) is 3. The second kappa shape index (κ2) is 25.1. The molecule has 6 atom stereocenters. The Morgan fingerprint density at radius 2 is 1.70 bits per heavy atom. The molecule has 1 aromatic heterocycles. The number of hydrogen-bond acceptors (Lipinski definition) is 10. The largest absolute Gasteiger partial charge is 0.481 e. The van der Waals surface area contributed by atoms with Crippen LogP contribution in [-0.2, 0) is 30.3 Å². The highest BCUT2D eigenvalue weighted by Gasteiger charge is 2.38. The number of carboxylic acid groups (broad SMARTS) is 2. The first-order valence-corrected chi connectivity index (χ1v) is 23.3. The van der Waals surface area contributed by atoms with Crippen LogP contribution >= 0.6 is 11.3 Å². The molecule has 2 heterocycles. The number of nitrogens with one attached hydrogen (secondary N) is 3. The van der Waals surface area contributed by atoms with E-state index in [4.69, 9.17) is 14.8 Å². The third kappa shape index (κ3) is 16.0. The summed E-state index contributed by atoms with van der Waals surface area (Å²) in [4.78, 5) is 74.5. The lowest BCUT2D eigenvalue weighted by Gasteiger charge is -2.40. The van der Waals surface area contributed by atoms with Crippen LogP contribution in [0.4, 0.5) is 5.69 Å². The van der Waals surface area contributed by atoms with Crippen molar-refractivity contribution in [2.45, 2.75) is 156 Å². The fourth-order valence-electron chi connectivity index (χ4n) is 7.98. The number of ether oxygens (including phenoxy) is 1. The maximum absolute atomic E-state index is 14.9. The van der Waals surface area contributed by atoms with Crippen LogP contribution in [0.25, 0.3) is 0 Å². The van der Waals surface area contributed by atoms with Crippen LogP contribution in [0.5, 0.6) is 0 Å². The summed E-state index contributed by atoms with van der Waals surface area (Å²) >= 11 is 1.32. The van der Waals surface area contributed by atoms with E-state index < -0.39 is 41.4 Å². The molecule has 1 fully saturated rings. The van der Waals surface area contributed by atoms with Crippen LogP contribution in [0.15, 0.2) is 29.6 Å². The number of likely N-dealkylation sites (N-methyl/N-ethyl adjacent to an activating group) is 1. The van der Waals surface area contributed by atoms with E-state index in [1.54, 1.807) is 31.4 Å². The standard InChI is InChI=1S/C46H74N6O8S/c1-10-13-14-16-24-52(44(57)40(31(6)11-2)50-42(56)36-18-15-17-23-51(36)9)37(30(4)5)26-38(60-12-3)43-49-35(29-61-43)41(55)48-34(27-46(7,8)45(58)59)25-32-19-21-33(22-20-32)47-28-39(53)54/h19-22,29-31,34,36-38,40,47H,10-18,23-28H2,1-9H3,(H,48,55)(H,50,56)(H,53,54)(H,58,59)/t31-,34-,36+,37+,38+,40-/m1/s1. The molecular formula is C46H74N6O8S. The predicted molar refractivity (Wildman–Crippen MR) is 241 cm³/mol. The number of benzene rings is 1. The van der Waals surface area contributed by atoms with Gasteiger partial charge in [-0.25, -0.2) is 4.98 Å². The van der Waals surface area contributed by atoms with Crippen molar-refractivity contribution < 1.29 is 38.9 Å². The number of carbonyl (C=O) groups excluding carboxylic acids is 3. The van der Waals surface area contributed by atoms with Crippen molar-refractivity contribution in [3.8, 4) is 0 Å². The summed E-state index contributed by atoms with van der Waals surface area (Å²) in [5, 5.41) is 30.3. The normalized spacial score (nSPS) is 17.2. The molecule has 0 radical (unpaired) electrons. The van der Waals surface area contributed by atoms with Gasteiger partial charge in [0.05, 0.1) is 11.5 Å². The molecule has 2 aromatic rings. The van der Waals surface area contributed by atoms with Gasteiger partial charge in [-0.15, -0.1) is 11.3 Å². The molecule has 0 bridgehead atoms. The molecule has 3 rings (SSSR count). The van der Waals surface area contributed by atoms with Crippen molar-refractivity contribution in [1.82, 2.24) is 25.4 Å². The molecular weight excluding hydrogens is 797 g/mol. The van der Waals surface area contributed by atoms with Gasteiger partial charge in [-0.05, 0) is 96.0 Å². The molecule has 1 aliphatic rings. The summed E-state index contributed by atoms with van der Waals surface area (Å²) in [5.41, 5.74) is 0.526. The number of aromatic nitrogens is 1. The highest BCUT2D eigenvalue weighted by atomic mass is 32.1. The zero-order valence-electron chi connectivity index (χ0n) is 38.1. The molecule has 3 amide bonds. The van der Waals surface area contributed by atoms with Gasteiger partial charge in [0.1, 0.15) is 29.4 Å². The second-order valence-corrected chi connectivity index (χ2v) is 18.6. The van der Waals surface area contributed by atoms with Crippen molar-refractivity contribution >= 4 is 46.7 Å². The van der Waals surface area contributed by atoms with Gasteiger partial charge in [-0.3, -0.25) is 28.9 Å². The van der Waals surface area contributed by atoms with Gasteiger partial charge in [0.15, 0.2) is 0 Å². The maximum atomic E-state index is 14.9. The van der Waals surface area contributed by atoms with E-state index in [-0.39, 0.29) is 54.4 Å². The molecule has 1 aromatic carbocycles. The van der Waals surface area contributed by atoms with Crippen molar-refractivity contribution in [2.75, 3.05) is 38.6 Å². The topological polar surface area (TPSA) is 190 Å². The number of unbranched alkanes of at least 4 members (excludes halogenated alkanes) is 3. The maximum Gasteiger partial charge on any atom is 0.322 e. The Kier molecular flexibility index (Phi) is 21.1. The SMILES string of the molecule is CCCCCCN(C(=O)[C@H](NC(=O)[C@@H]1CCCCN1C)[C@H](C)CC)[C@@H](C[C@H](OCC)c1nc(C(=O)N[C@H](Cc2ccc(NCC(=O)O)cc2)CC(C)(C)C(=O)O)cs1)C(C)C. The smallest absolute Gasteiger partial charge is 0.322 e. The lowest BCUT2D eigenvalue weighted by atomic mass is 9.84. The van der Waals surface area contributed by atoms with E-state index in [1.165, 1.54) is 11.3 Å². The van der Waals surface area contributed by atoms with Gasteiger partial charge in [0.25, 0.3) is 5.91 Å². The number of aliphatic carboxylic acids is 2. The summed E-state index contributed by atoms with van der Waals surface area (Å²) in [6.45, 7) is 17.2. The van der Waals surface area contributed by atoms with E-state index in [0.717, 1.165) is 63.5 Å². The van der Waals surface area contributed by atoms with E-state index in [1.807, 2.05) is 44.9 Å². The van der Waals surface area contributed by atoms with Gasteiger partial charge >= 0.3 is 11.9 Å². The Bertz CT molecular complexity index is 1700. The highest BCUT2D eigenvalue weighted by molar-refractivity contribution is 7.09. The third-order valence-corrected chi connectivity index (χ3v) is 12.9. The average Bonchev–Trinajstić information content (AvgIpc) is 3.71. The number of carbonyl (C=O) groups is 5. The molecule has 0 unspecified atom stereocenters. The number of rotatable bonds is 27. The first-order valence-electron chi connectivity index (χ1n) is 22.4. The van der Waals surface area contributed by atoms with Crippen LogP contribution < -0.4 is 16.0 Å². The van der Waals surface area contributed by atoms with Gasteiger partial charge in [-0.1, -0.05) is 78.9 Å². The first kappa shape index (κ1) is 51.3. The highest BCUT2D eigenvalue weighted by Crippen LogP contribution is 2.32. The summed E-state index contributed by atoms with van der Waals surface area (Å²) in [7, 11) is 1.98. The Labute approximate surface area is 368 Å². The van der Waals surface area contributed by atoms with Gasteiger partial charge < -0.3 is 35.8 Å². The Morgan fingerprint density at radius 3 is 2.30 bits per heavy atom. The molecule has 5 N–H and O–H groups in total. The number of hydrogen-bond donors (Lipinski definition) is 5. The lowest BCUT2D eigenvalue weighted by molar-refractivity contribution is -0.147. The van der Waals surface area contributed by atoms with E-state index >= 15 is 0 Å². The zero-order chi connectivity index (χ0) is 45.3. The molecule has 15 heteroatoms. The lowest BCUT2D eigenvalue weighted by Crippen LogP contribution is -2.59. The van der Waals surface area contributed by atoms with Crippen LogP contribution in [0.1, 0.15) is 147 Å². The summed E-state index contributed by atoms with van der Waals surface area (Å²) < 4.78 is 6.35. The molecule has 14 nitrogen and oxygen atoms in total. The number of piperidine rings is 1. The Balaban J connectivity index is 1.89. The Hall–Kier alpha value is -4.08. The molecule has 0 aliphatic carbocycles. The second-order valence-electron chi connectivity index (χ2n) is 17.7. The number of thiazole rings is 1. The quantitative estimate of drug-likeness (QED) is 0.0563. The summed E-state index contributed by atoms with van der Waals surface area (Å²) in [6, 6.07) is 5.41. The Morgan fingerprint density at radius 1 is 1.00 bits per heavy atom. The zero-order valence-corrected chi connectivity index (χ0v) is 38.9. The molecule has 1 saturated heterocycles. The van der Waals surface area contributed by atoms with E-state index in [9.17, 15) is 29.1 Å². The predicted octanol–water partition coefficient (Wildman–Crippen LogP) is 7.40. The van der Waals surface area contributed by atoms with Crippen LogP contribution in [-0.4, -0.2) is 112 Å². The molecule has 342 valence electrons. The van der Waals surface area contributed by atoms with Crippen LogP contribution in [0.3, 0.4) is 0 Å². The van der Waals surface area contributed by atoms with Gasteiger partial charge in [-0.2, -0.15) is 0 Å². The summed E-state index contributed by atoms with van der Waals surface area (Å²) in [5.74, 6) is -2.61. The third-order valence-electron chi connectivity index (χ3n) is 12.0. The minimum absolute atomic E-state index is 0.0407. The fraction of sp³-hybridized carbons (Fsp3) is 0.696. The van der Waals surface area contributed by atoms with Gasteiger partial charge in [0.2, 0.25) is 11.8 Å². The number of carboxylic acids is 2. The minimum atomic E-state index is -1.14. The number of amides is 3. The fourth-order valence-corrected chi connectivity index (χ4v) is 8.84. The van der Waals surface area contributed by atoms with Gasteiger partial charge in [0, 0.05) is 42.7 Å². The van der Waals surface area contributed by atoms with Crippen molar-refractivity contribution in [2.24, 2.45) is 17.3 Å². The van der Waals surface area contributed by atoms with Crippen LogP contribution in [0, 0.1) is 17.3 Å². The number of likely N-dealkylation sites (tertiary alicyclic amines) is 1. The minimum Gasteiger partial charge on any atom is -0.481 e. The van der Waals surface area contributed by atoms with Crippen LogP contribution in [0.2, 0.25) is 0 Å². The van der Waals surface area contributed by atoms with E-state index in [2.05, 4.69) is 41.6 Å². The molecule has 61 heavy (non-hydrogen) atoms. The van der Waals surface area contributed by atoms with Crippen molar-refractivity contribution in [3.05, 3.63) is 45.9 Å². The van der Waals surface area contributed by atoms with Crippen molar-refractivity contribution in [3.63, 3.8) is 0 Å². The first-order chi connectivity index (χ1) is 28.9. The summed E-state index contributed by atoms with van der Waals surface area (Å²) in [6.07, 6.45) is 7.90. The number of anilines is 1. The van der Waals surface area contributed by atoms with Crippen molar-refractivity contribution in [1.29, 1.82) is 0 Å². The molecule has 1 aliphatic heterocycles.